The number of allylic oxidation sites excluding steroid dienone is 1. The summed E-state index contributed by atoms with van der Waals surface area (Å²) in [6.07, 6.45) is 15.6. The Labute approximate surface area is 225 Å². The van der Waals surface area contributed by atoms with Crippen LogP contribution in [0, 0.1) is 46.3 Å². The lowest BCUT2D eigenvalue weighted by Gasteiger charge is -2.58. The van der Waals surface area contributed by atoms with Gasteiger partial charge in [0, 0.05) is 6.10 Å². The van der Waals surface area contributed by atoms with E-state index in [-0.39, 0.29) is 6.10 Å². The lowest BCUT2D eigenvalue weighted by atomic mass is 9.47. The number of hydrogen-bond donors (Lipinski definition) is 1. The highest BCUT2D eigenvalue weighted by Gasteiger charge is 2.62. The van der Waals surface area contributed by atoms with Gasteiger partial charge >= 0.3 is 0 Å². The van der Waals surface area contributed by atoms with E-state index < -0.39 is 8.32 Å². The van der Waals surface area contributed by atoms with Crippen molar-refractivity contribution in [1.29, 1.82) is 0 Å². The minimum Gasteiger partial charge on any atom is -0.414 e. The largest absolute Gasteiger partial charge is 0.414 e. The van der Waals surface area contributed by atoms with Gasteiger partial charge in [-0.05, 0) is 109 Å². The topological polar surface area (TPSA) is 29.5 Å². The maximum absolute atomic E-state index is 10.4. The molecule has 2 nitrogen and oxygen atoms in total. The van der Waals surface area contributed by atoms with Crippen molar-refractivity contribution in [2.45, 2.75) is 150 Å². The van der Waals surface area contributed by atoms with Crippen LogP contribution in [0.4, 0.5) is 0 Å². The predicted molar refractivity (Wildman–Crippen MR) is 157 cm³/mol. The summed E-state index contributed by atoms with van der Waals surface area (Å²) < 4.78 is 7.48. The summed E-state index contributed by atoms with van der Waals surface area (Å²) >= 11 is 0. The Morgan fingerprint density at radius 2 is 1.69 bits per heavy atom. The molecule has 0 unspecified atom stereocenters. The summed E-state index contributed by atoms with van der Waals surface area (Å²) in [6, 6.07) is 3.81. The summed E-state index contributed by atoms with van der Waals surface area (Å²) in [4.78, 5) is 0. The van der Waals surface area contributed by atoms with E-state index in [0.717, 1.165) is 48.3 Å². The van der Waals surface area contributed by atoms with Crippen molar-refractivity contribution in [2.24, 2.45) is 46.3 Å². The molecule has 0 aromatic carbocycles. The van der Waals surface area contributed by atoms with Crippen molar-refractivity contribution in [3.63, 3.8) is 0 Å². The maximum atomic E-state index is 10.4. The van der Waals surface area contributed by atoms with E-state index in [1.54, 1.807) is 5.57 Å². The lowest BCUT2D eigenvalue weighted by molar-refractivity contribution is -0.0614. The first-order valence-corrected chi connectivity index (χ1v) is 18.6. The second-order valence-corrected chi connectivity index (χ2v) is 19.4. The summed E-state index contributed by atoms with van der Waals surface area (Å²) in [5, 5.41) is 10.4. The van der Waals surface area contributed by atoms with Crippen molar-refractivity contribution in [2.75, 3.05) is 0 Å². The Hall–Kier alpha value is -0.123. The van der Waals surface area contributed by atoms with Crippen molar-refractivity contribution >= 4 is 8.32 Å². The standard InChI is InChI=1S/C33H60O2Si/c1-9-36(10-2,11-3)35-30-22-29-27-16-15-25-21-26(34)17-19-32(25,7)28(27)18-20-33(29,8)31(30)24(6)14-12-13-23(4)5/h15,23-24,26-31,34H,9-14,16-22H2,1-8H3/t24-,26+,27-,28+,29+,30+,31+,32+,33+/m1/s1. The van der Waals surface area contributed by atoms with E-state index in [9.17, 15) is 5.11 Å². The van der Waals surface area contributed by atoms with Crippen molar-refractivity contribution in [3.8, 4) is 0 Å². The van der Waals surface area contributed by atoms with Gasteiger partial charge in [-0.25, -0.2) is 0 Å². The first kappa shape index (κ1) is 28.9. The van der Waals surface area contributed by atoms with Crippen molar-refractivity contribution in [1.82, 2.24) is 0 Å². The molecule has 3 saturated carbocycles. The normalized spacial score (nSPS) is 41.4. The first-order valence-electron chi connectivity index (χ1n) is 16.1. The Bertz CT molecular complexity index is 763. The smallest absolute Gasteiger partial charge is 0.192 e. The van der Waals surface area contributed by atoms with Crippen LogP contribution in [-0.4, -0.2) is 25.6 Å². The molecule has 0 aromatic rings. The Morgan fingerprint density at radius 1 is 1.00 bits per heavy atom. The average Bonchev–Trinajstić information content (AvgIpc) is 3.14. The van der Waals surface area contributed by atoms with Gasteiger partial charge in [-0.3, -0.25) is 0 Å². The second-order valence-electron chi connectivity index (χ2n) is 14.7. The van der Waals surface area contributed by atoms with Gasteiger partial charge in [-0.1, -0.05) is 86.3 Å². The molecule has 3 fully saturated rings. The third-order valence-electron chi connectivity index (χ3n) is 12.6. The summed E-state index contributed by atoms with van der Waals surface area (Å²) in [5.74, 6) is 4.71. The Balaban J connectivity index is 1.64. The summed E-state index contributed by atoms with van der Waals surface area (Å²) in [7, 11) is -1.65. The highest BCUT2D eigenvalue weighted by atomic mass is 28.4. The zero-order valence-corrected chi connectivity index (χ0v) is 26.2. The minimum absolute atomic E-state index is 0.106. The van der Waals surface area contributed by atoms with E-state index in [0.29, 0.717) is 16.9 Å². The van der Waals surface area contributed by atoms with Gasteiger partial charge in [-0.15, -0.1) is 0 Å². The molecule has 208 valence electrons. The molecule has 4 aliphatic rings. The molecule has 4 aliphatic carbocycles. The van der Waals surface area contributed by atoms with E-state index in [4.69, 9.17) is 4.43 Å². The number of aliphatic hydroxyl groups is 1. The molecule has 0 bridgehead atoms. The molecule has 9 atom stereocenters. The third-order valence-corrected chi connectivity index (χ3v) is 17.2. The minimum atomic E-state index is -1.65. The molecule has 0 aromatic heterocycles. The molecular formula is C33H60O2Si. The van der Waals surface area contributed by atoms with Gasteiger partial charge in [0.15, 0.2) is 8.32 Å². The quantitative estimate of drug-likeness (QED) is 0.231. The SMILES string of the molecule is CC[Si](CC)(CC)O[C@H]1C[C@H]2[C@@H]3CC=C4C[C@@H](O)CC[C@]4(C)[C@H]3CC[C@]2(C)[C@H]1[C@H](C)CCCC(C)C. The molecule has 0 radical (unpaired) electrons. The Morgan fingerprint density at radius 3 is 2.33 bits per heavy atom. The van der Waals surface area contributed by atoms with Crippen molar-refractivity contribution < 1.29 is 9.53 Å². The van der Waals surface area contributed by atoms with Gasteiger partial charge in [0.05, 0.1) is 6.10 Å². The first-order chi connectivity index (χ1) is 17.0. The number of rotatable bonds is 10. The molecular weight excluding hydrogens is 456 g/mol. The lowest BCUT2D eigenvalue weighted by Crippen LogP contribution is -2.51. The molecule has 4 rings (SSSR count). The molecule has 0 saturated heterocycles. The van der Waals surface area contributed by atoms with E-state index in [1.165, 1.54) is 69.5 Å². The Kier molecular flexibility index (Phi) is 8.95. The highest BCUT2D eigenvalue weighted by molar-refractivity contribution is 6.73. The number of hydrogen-bond acceptors (Lipinski definition) is 2. The van der Waals surface area contributed by atoms with Crippen LogP contribution in [-0.2, 0) is 4.43 Å². The van der Waals surface area contributed by atoms with E-state index in [2.05, 4.69) is 61.5 Å². The van der Waals surface area contributed by atoms with Crippen LogP contribution in [0.3, 0.4) is 0 Å². The average molecular weight is 517 g/mol. The number of aliphatic hydroxyl groups excluding tert-OH is 1. The number of fused-ring (bicyclic) bond motifs is 5. The molecule has 36 heavy (non-hydrogen) atoms. The molecule has 0 spiro atoms. The predicted octanol–water partition coefficient (Wildman–Crippen LogP) is 9.39. The molecule has 0 amide bonds. The fraction of sp³-hybridized carbons (Fsp3) is 0.939. The van der Waals surface area contributed by atoms with Gasteiger partial charge in [0.25, 0.3) is 0 Å². The summed E-state index contributed by atoms with van der Waals surface area (Å²) in [5.41, 5.74) is 2.36. The monoisotopic (exact) mass is 516 g/mol. The fourth-order valence-corrected chi connectivity index (χ4v) is 13.0. The molecule has 0 heterocycles. The highest BCUT2D eigenvalue weighted by Crippen LogP contribution is 2.68. The van der Waals surface area contributed by atoms with Crippen LogP contribution in [0.15, 0.2) is 11.6 Å². The van der Waals surface area contributed by atoms with Crippen LogP contribution < -0.4 is 0 Å². The zero-order chi connectivity index (χ0) is 26.3. The van der Waals surface area contributed by atoms with Gasteiger partial charge < -0.3 is 9.53 Å². The fourth-order valence-electron chi connectivity index (χ4n) is 10.2. The van der Waals surface area contributed by atoms with E-state index in [1.807, 2.05) is 0 Å². The van der Waals surface area contributed by atoms with Crippen molar-refractivity contribution in [3.05, 3.63) is 11.6 Å². The van der Waals surface area contributed by atoms with Crippen LogP contribution in [0.25, 0.3) is 0 Å². The molecule has 1 N–H and O–H groups in total. The van der Waals surface area contributed by atoms with Crippen LogP contribution in [0.2, 0.25) is 18.1 Å². The van der Waals surface area contributed by atoms with Gasteiger partial charge in [0.2, 0.25) is 0 Å². The van der Waals surface area contributed by atoms with E-state index >= 15 is 0 Å². The second kappa shape index (κ2) is 11.2. The van der Waals surface area contributed by atoms with Crippen LogP contribution in [0.1, 0.15) is 120 Å². The molecule has 0 aliphatic heterocycles. The summed E-state index contributed by atoms with van der Waals surface area (Å²) in [6.45, 7) is 19.9. The molecule has 3 heteroatoms. The van der Waals surface area contributed by atoms with Crippen LogP contribution in [0.5, 0.6) is 0 Å². The maximum Gasteiger partial charge on any atom is 0.192 e. The zero-order valence-electron chi connectivity index (χ0n) is 25.2. The third kappa shape index (κ3) is 5.08. The van der Waals surface area contributed by atoms with Gasteiger partial charge in [-0.2, -0.15) is 0 Å². The van der Waals surface area contributed by atoms with Gasteiger partial charge in [0.1, 0.15) is 0 Å². The van der Waals surface area contributed by atoms with Crippen LogP contribution >= 0.6 is 0 Å².